The van der Waals surface area contributed by atoms with Gasteiger partial charge in [0.05, 0.1) is 19.1 Å². The number of alkyl carbamates (subject to hydrolysis) is 1. The fraction of sp³-hybridized carbons (Fsp3) is 0.355. The lowest BCUT2D eigenvalue weighted by Crippen LogP contribution is -2.36. The molecule has 0 radical (unpaired) electrons. The van der Waals surface area contributed by atoms with Gasteiger partial charge in [0.1, 0.15) is 18.0 Å². The third-order valence-corrected chi connectivity index (χ3v) is 6.27. The van der Waals surface area contributed by atoms with Crippen LogP contribution in [0.15, 0.2) is 66.7 Å². The molecule has 1 unspecified atom stereocenters. The molecular formula is C31H35NO6. The molecule has 1 amide bonds. The summed E-state index contributed by atoms with van der Waals surface area (Å²) in [5, 5.41) is 22.0. The molecule has 0 aliphatic heterocycles. The molecular weight excluding hydrogens is 482 g/mol. The quantitative estimate of drug-likeness (QED) is 0.305. The van der Waals surface area contributed by atoms with Crippen LogP contribution in [0, 0.1) is 0 Å². The maximum Gasteiger partial charge on any atom is 0.408 e. The number of hydrogen-bond donors (Lipinski definition) is 3. The van der Waals surface area contributed by atoms with Crippen molar-refractivity contribution >= 4 is 12.1 Å². The molecule has 0 bridgehead atoms. The molecule has 7 heteroatoms. The minimum atomic E-state index is -0.902. The topological polar surface area (TPSA) is 105 Å². The number of nitrogens with one attached hydrogen (secondary N) is 1. The van der Waals surface area contributed by atoms with Crippen molar-refractivity contribution in [2.45, 2.75) is 64.2 Å². The van der Waals surface area contributed by atoms with Gasteiger partial charge in [0.25, 0.3) is 0 Å². The molecule has 3 aromatic carbocycles. The van der Waals surface area contributed by atoms with Crippen molar-refractivity contribution in [3.63, 3.8) is 0 Å². The number of para-hydroxylation sites is 1. The first-order valence-corrected chi connectivity index (χ1v) is 12.9. The highest BCUT2D eigenvalue weighted by Gasteiger charge is 2.25. The number of amides is 1. The highest BCUT2D eigenvalue weighted by Crippen LogP contribution is 2.42. The summed E-state index contributed by atoms with van der Waals surface area (Å²) >= 11 is 0. The Morgan fingerprint density at radius 1 is 1.00 bits per heavy atom. The number of hydrogen-bond acceptors (Lipinski definition) is 5. The van der Waals surface area contributed by atoms with E-state index in [1.54, 1.807) is 39.0 Å². The number of carbonyl (C=O) groups excluding carboxylic acids is 1. The van der Waals surface area contributed by atoms with E-state index in [2.05, 4.69) is 23.5 Å². The number of rotatable bonds is 10. The first-order chi connectivity index (χ1) is 18.1. The predicted octanol–water partition coefficient (Wildman–Crippen LogP) is 6.00. The van der Waals surface area contributed by atoms with E-state index in [0.717, 1.165) is 35.1 Å². The van der Waals surface area contributed by atoms with Gasteiger partial charge >= 0.3 is 12.1 Å². The van der Waals surface area contributed by atoms with E-state index in [4.69, 9.17) is 9.47 Å². The van der Waals surface area contributed by atoms with E-state index in [-0.39, 0.29) is 13.0 Å². The lowest BCUT2D eigenvalue weighted by Gasteiger charge is -2.23. The fourth-order valence-corrected chi connectivity index (χ4v) is 4.35. The van der Waals surface area contributed by atoms with Gasteiger partial charge in [-0.05, 0) is 85.5 Å². The molecule has 3 N–H and O–H groups in total. The number of ether oxygens (including phenoxy) is 2. The van der Waals surface area contributed by atoms with E-state index >= 15 is 0 Å². The second kappa shape index (κ2) is 11.7. The van der Waals surface area contributed by atoms with Crippen molar-refractivity contribution in [3.05, 3.63) is 89.0 Å². The first-order valence-electron chi connectivity index (χ1n) is 12.9. The summed E-state index contributed by atoms with van der Waals surface area (Å²) in [7, 11) is 0. The van der Waals surface area contributed by atoms with Crippen molar-refractivity contribution in [3.8, 4) is 16.9 Å². The number of aliphatic hydroxyl groups is 1. The molecule has 0 saturated heterocycles. The lowest BCUT2D eigenvalue weighted by molar-refractivity contribution is -0.136. The number of carboxylic acid groups (broad SMARTS) is 1. The van der Waals surface area contributed by atoms with Crippen molar-refractivity contribution in [2.75, 3.05) is 6.61 Å². The molecule has 4 rings (SSSR count). The molecule has 200 valence electrons. The molecule has 1 fully saturated rings. The van der Waals surface area contributed by atoms with Gasteiger partial charge in [0, 0.05) is 5.56 Å². The minimum absolute atomic E-state index is 0.0975. The van der Waals surface area contributed by atoms with Crippen LogP contribution in [-0.4, -0.2) is 34.5 Å². The van der Waals surface area contributed by atoms with Gasteiger partial charge < -0.3 is 25.0 Å². The van der Waals surface area contributed by atoms with Crippen molar-refractivity contribution < 1.29 is 29.3 Å². The van der Waals surface area contributed by atoms with Crippen LogP contribution in [0.3, 0.4) is 0 Å². The van der Waals surface area contributed by atoms with Gasteiger partial charge in [-0.15, -0.1) is 0 Å². The summed E-state index contributed by atoms with van der Waals surface area (Å²) in [6.45, 7) is 5.42. The standard InChI is InChI=1S/C31H35NO6/c1-31(2,3)38-30(36)32-27(18-33)23-9-6-8-22(15-23)26-14-20(13-25(16-26)21-11-12-21)19-37-28-10-5-4-7-24(28)17-29(34)35/h4-10,13-16,21,27,33H,11-12,17-19H2,1-3H3,(H,32,36)(H,34,35). The van der Waals surface area contributed by atoms with Crippen LogP contribution in [0.5, 0.6) is 5.75 Å². The summed E-state index contributed by atoms with van der Waals surface area (Å²) in [4.78, 5) is 23.5. The van der Waals surface area contributed by atoms with E-state index in [9.17, 15) is 19.8 Å². The van der Waals surface area contributed by atoms with Crippen molar-refractivity contribution in [1.29, 1.82) is 0 Å². The number of aliphatic carboxylic acids is 1. The summed E-state index contributed by atoms with van der Waals surface area (Å²) < 4.78 is 11.4. The first kappa shape index (κ1) is 27.2. The average Bonchev–Trinajstić information content (AvgIpc) is 3.71. The Morgan fingerprint density at radius 3 is 2.45 bits per heavy atom. The molecule has 0 heterocycles. The van der Waals surface area contributed by atoms with Crippen LogP contribution >= 0.6 is 0 Å². The molecule has 1 aliphatic carbocycles. The van der Waals surface area contributed by atoms with Gasteiger partial charge in [-0.1, -0.05) is 48.5 Å². The van der Waals surface area contributed by atoms with Crippen LogP contribution in [-0.2, 0) is 22.6 Å². The molecule has 0 spiro atoms. The Bertz CT molecular complexity index is 1290. The summed E-state index contributed by atoms with van der Waals surface area (Å²) in [6, 6.07) is 20.8. The predicted molar refractivity (Wildman–Crippen MR) is 145 cm³/mol. The fourth-order valence-electron chi connectivity index (χ4n) is 4.35. The Hall–Kier alpha value is -3.84. The number of benzene rings is 3. The highest BCUT2D eigenvalue weighted by atomic mass is 16.6. The molecule has 1 saturated carbocycles. The highest BCUT2D eigenvalue weighted by molar-refractivity contribution is 5.71. The van der Waals surface area contributed by atoms with E-state index in [1.807, 2.05) is 30.3 Å². The monoisotopic (exact) mass is 517 g/mol. The van der Waals surface area contributed by atoms with E-state index in [0.29, 0.717) is 23.8 Å². The second-order valence-electron chi connectivity index (χ2n) is 10.7. The second-order valence-corrected chi connectivity index (χ2v) is 10.7. The van der Waals surface area contributed by atoms with Gasteiger partial charge in [-0.2, -0.15) is 0 Å². The summed E-state index contributed by atoms with van der Waals surface area (Å²) in [5.74, 6) is 0.186. The third-order valence-electron chi connectivity index (χ3n) is 6.27. The molecule has 7 nitrogen and oxygen atoms in total. The van der Waals surface area contributed by atoms with Crippen LogP contribution in [0.2, 0.25) is 0 Å². The molecule has 0 aromatic heterocycles. The van der Waals surface area contributed by atoms with Gasteiger partial charge in [-0.25, -0.2) is 4.79 Å². The molecule has 1 aliphatic rings. The lowest BCUT2D eigenvalue weighted by atomic mass is 9.95. The zero-order valence-corrected chi connectivity index (χ0v) is 22.1. The van der Waals surface area contributed by atoms with Crippen LogP contribution < -0.4 is 10.1 Å². The average molecular weight is 518 g/mol. The number of aliphatic hydroxyl groups excluding tert-OH is 1. The molecule has 1 atom stereocenters. The zero-order valence-electron chi connectivity index (χ0n) is 22.1. The Morgan fingerprint density at radius 2 is 1.76 bits per heavy atom. The van der Waals surface area contributed by atoms with Crippen molar-refractivity contribution in [2.24, 2.45) is 0 Å². The smallest absolute Gasteiger partial charge is 0.408 e. The maximum absolute atomic E-state index is 12.3. The Balaban J connectivity index is 1.57. The molecule has 38 heavy (non-hydrogen) atoms. The van der Waals surface area contributed by atoms with Crippen LogP contribution in [0.25, 0.3) is 11.1 Å². The largest absolute Gasteiger partial charge is 0.489 e. The Kier molecular flexibility index (Phi) is 8.37. The summed E-state index contributed by atoms with van der Waals surface area (Å²) in [5.41, 5.74) is 4.99. The summed E-state index contributed by atoms with van der Waals surface area (Å²) in [6.07, 6.45) is 1.62. The van der Waals surface area contributed by atoms with Crippen LogP contribution in [0.1, 0.15) is 67.8 Å². The normalized spacial score (nSPS) is 14.0. The maximum atomic E-state index is 12.3. The number of carbonyl (C=O) groups is 2. The third kappa shape index (κ3) is 7.59. The number of carboxylic acids is 1. The van der Waals surface area contributed by atoms with Crippen molar-refractivity contribution in [1.82, 2.24) is 5.32 Å². The minimum Gasteiger partial charge on any atom is -0.489 e. The molecule has 3 aromatic rings. The zero-order chi connectivity index (χ0) is 27.3. The van der Waals surface area contributed by atoms with Gasteiger partial charge in [0.15, 0.2) is 0 Å². The van der Waals surface area contributed by atoms with Gasteiger partial charge in [-0.3, -0.25) is 4.79 Å². The van der Waals surface area contributed by atoms with Crippen LogP contribution in [0.4, 0.5) is 4.79 Å². The van der Waals surface area contributed by atoms with E-state index < -0.39 is 23.7 Å². The Labute approximate surface area is 223 Å². The SMILES string of the molecule is CC(C)(C)OC(=O)NC(CO)c1cccc(-c2cc(COc3ccccc3CC(=O)O)cc(C3CC3)c2)c1. The van der Waals surface area contributed by atoms with Gasteiger partial charge in [0.2, 0.25) is 0 Å². The van der Waals surface area contributed by atoms with E-state index in [1.165, 1.54) is 5.56 Å².